The average Bonchev–Trinajstić information content (AvgIpc) is 2.20. The average molecular weight is 318 g/mol. The van der Waals surface area contributed by atoms with Crippen LogP contribution in [0.5, 0.6) is 0 Å². The second-order valence-electron chi connectivity index (χ2n) is 3.09. The number of halogens is 1. The van der Waals surface area contributed by atoms with E-state index in [1.807, 2.05) is 6.92 Å². The van der Waals surface area contributed by atoms with Gasteiger partial charge < -0.3 is 5.32 Å². The van der Waals surface area contributed by atoms with Crippen LogP contribution in [-0.4, -0.2) is 11.0 Å². The molecule has 1 rings (SSSR count). The topological polar surface area (TPSA) is 55.2 Å². The van der Waals surface area contributed by atoms with Crippen LogP contribution in [-0.2, 0) is 0 Å². The van der Waals surface area contributed by atoms with E-state index < -0.39 is 4.92 Å². The fourth-order valence-corrected chi connectivity index (χ4v) is 1.69. The van der Waals surface area contributed by atoms with Gasteiger partial charge in [0, 0.05) is 27.4 Å². The molecule has 0 fully saturated rings. The minimum absolute atomic E-state index is 0.108. The molecule has 1 aromatic rings. The van der Waals surface area contributed by atoms with Gasteiger partial charge in [-0.1, -0.05) is 6.08 Å². The maximum absolute atomic E-state index is 10.5. The molecule has 0 aliphatic carbocycles. The van der Waals surface area contributed by atoms with E-state index in [-0.39, 0.29) is 11.7 Å². The lowest BCUT2D eigenvalue weighted by Gasteiger charge is -2.12. The number of nitrogens with one attached hydrogen (secondary N) is 1. The summed E-state index contributed by atoms with van der Waals surface area (Å²) in [6, 6.07) is 4.87. The second kappa shape index (κ2) is 5.11. The first-order chi connectivity index (χ1) is 7.04. The molecule has 15 heavy (non-hydrogen) atoms. The standard InChI is InChI=1S/C10H11IN2O2/c1-3-7(2)12-10-5-4-8(13(14)15)6-9(10)11/h3-7,12H,1H2,2H3. The number of non-ortho nitro benzene ring substituents is 1. The van der Waals surface area contributed by atoms with Crippen molar-refractivity contribution in [2.24, 2.45) is 0 Å². The Kier molecular flexibility index (Phi) is 4.07. The number of nitrogens with zero attached hydrogens (tertiary/aromatic N) is 1. The lowest BCUT2D eigenvalue weighted by Crippen LogP contribution is -2.12. The lowest BCUT2D eigenvalue weighted by molar-refractivity contribution is -0.384. The zero-order valence-electron chi connectivity index (χ0n) is 8.24. The van der Waals surface area contributed by atoms with Crippen LogP contribution >= 0.6 is 22.6 Å². The SMILES string of the molecule is C=CC(C)Nc1ccc([N+](=O)[O-])cc1I. The Hall–Kier alpha value is -1.11. The third-order valence-corrected chi connectivity index (χ3v) is 2.79. The monoisotopic (exact) mass is 318 g/mol. The largest absolute Gasteiger partial charge is 0.378 e. The summed E-state index contributed by atoms with van der Waals surface area (Å²) in [5.74, 6) is 0. The van der Waals surface area contributed by atoms with Gasteiger partial charge in [0.05, 0.1) is 4.92 Å². The third-order valence-electron chi connectivity index (χ3n) is 1.90. The highest BCUT2D eigenvalue weighted by atomic mass is 127. The van der Waals surface area contributed by atoms with Crippen LogP contribution in [0.1, 0.15) is 6.92 Å². The molecule has 0 heterocycles. The zero-order chi connectivity index (χ0) is 11.4. The molecule has 1 N–H and O–H groups in total. The van der Waals surface area contributed by atoms with Gasteiger partial charge in [0.25, 0.3) is 5.69 Å². The van der Waals surface area contributed by atoms with Crippen molar-refractivity contribution >= 4 is 34.0 Å². The Morgan fingerprint density at radius 1 is 1.67 bits per heavy atom. The van der Waals surface area contributed by atoms with Crippen LogP contribution in [0.4, 0.5) is 11.4 Å². The molecule has 0 aromatic heterocycles. The molecule has 0 aliphatic heterocycles. The highest BCUT2D eigenvalue weighted by Crippen LogP contribution is 2.24. The van der Waals surface area contributed by atoms with E-state index in [1.54, 1.807) is 18.2 Å². The fraction of sp³-hybridized carbons (Fsp3) is 0.200. The Morgan fingerprint density at radius 2 is 2.33 bits per heavy atom. The van der Waals surface area contributed by atoms with Gasteiger partial charge in [0.1, 0.15) is 0 Å². The van der Waals surface area contributed by atoms with E-state index in [0.717, 1.165) is 9.26 Å². The van der Waals surface area contributed by atoms with Crippen LogP contribution in [0.2, 0.25) is 0 Å². The number of nitro groups is 1. The molecule has 0 radical (unpaired) electrons. The third kappa shape index (κ3) is 3.19. The Labute approximate surface area is 102 Å². The molecule has 4 nitrogen and oxygen atoms in total. The molecular formula is C10H11IN2O2. The van der Waals surface area contributed by atoms with Crippen molar-refractivity contribution in [2.45, 2.75) is 13.0 Å². The highest BCUT2D eigenvalue weighted by molar-refractivity contribution is 14.1. The molecule has 5 heteroatoms. The summed E-state index contributed by atoms with van der Waals surface area (Å²) in [7, 11) is 0. The predicted molar refractivity (Wildman–Crippen MR) is 69.1 cm³/mol. The van der Waals surface area contributed by atoms with Crippen molar-refractivity contribution < 1.29 is 4.92 Å². The van der Waals surface area contributed by atoms with Gasteiger partial charge in [-0.25, -0.2) is 0 Å². The Morgan fingerprint density at radius 3 is 2.80 bits per heavy atom. The Balaban J connectivity index is 2.93. The number of nitro benzene ring substituents is 1. The van der Waals surface area contributed by atoms with Crippen LogP contribution in [0.25, 0.3) is 0 Å². The second-order valence-corrected chi connectivity index (χ2v) is 4.25. The smallest absolute Gasteiger partial charge is 0.270 e. The highest BCUT2D eigenvalue weighted by Gasteiger charge is 2.09. The van der Waals surface area contributed by atoms with Gasteiger partial charge >= 0.3 is 0 Å². The summed E-state index contributed by atoms with van der Waals surface area (Å²) in [4.78, 5) is 10.1. The van der Waals surface area contributed by atoms with Crippen LogP contribution < -0.4 is 5.32 Å². The molecule has 0 aliphatic rings. The maximum atomic E-state index is 10.5. The molecule has 1 unspecified atom stereocenters. The van der Waals surface area contributed by atoms with Crippen molar-refractivity contribution in [1.29, 1.82) is 0 Å². The van der Waals surface area contributed by atoms with E-state index in [1.165, 1.54) is 6.07 Å². The van der Waals surface area contributed by atoms with Gasteiger partial charge in [0.15, 0.2) is 0 Å². The fourth-order valence-electron chi connectivity index (χ4n) is 1.04. The molecule has 0 saturated heterocycles. The predicted octanol–water partition coefficient (Wildman–Crippen LogP) is 3.19. The van der Waals surface area contributed by atoms with Crippen molar-refractivity contribution in [3.05, 3.63) is 44.5 Å². The number of hydrogen-bond acceptors (Lipinski definition) is 3. The van der Waals surface area contributed by atoms with Gasteiger partial charge in [-0.15, -0.1) is 6.58 Å². The number of benzene rings is 1. The van der Waals surface area contributed by atoms with E-state index in [4.69, 9.17) is 0 Å². The number of hydrogen-bond donors (Lipinski definition) is 1. The summed E-state index contributed by atoms with van der Waals surface area (Å²) in [6.07, 6.45) is 1.78. The van der Waals surface area contributed by atoms with E-state index >= 15 is 0 Å². The molecule has 0 amide bonds. The molecule has 0 bridgehead atoms. The quantitative estimate of drug-likeness (QED) is 0.401. The zero-order valence-corrected chi connectivity index (χ0v) is 10.4. The van der Waals surface area contributed by atoms with Crippen molar-refractivity contribution in [1.82, 2.24) is 0 Å². The summed E-state index contributed by atoms with van der Waals surface area (Å²) in [6.45, 7) is 5.62. The number of anilines is 1. The molecular weight excluding hydrogens is 307 g/mol. The van der Waals surface area contributed by atoms with E-state index in [2.05, 4.69) is 34.5 Å². The first-order valence-electron chi connectivity index (χ1n) is 4.37. The van der Waals surface area contributed by atoms with Gasteiger partial charge in [-0.05, 0) is 35.6 Å². The van der Waals surface area contributed by atoms with E-state index in [0.29, 0.717) is 0 Å². The minimum atomic E-state index is -0.400. The van der Waals surface area contributed by atoms with Gasteiger partial charge in [0.2, 0.25) is 0 Å². The van der Waals surface area contributed by atoms with Crippen LogP contribution in [0, 0.1) is 13.7 Å². The van der Waals surface area contributed by atoms with E-state index in [9.17, 15) is 10.1 Å². The first kappa shape index (κ1) is 12.0. The summed E-state index contributed by atoms with van der Waals surface area (Å²) in [5.41, 5.74) is 0.991. The lowest BCUT2D eigenvalue weighted by atomic mass is 10.2. The van der Waals surface area contributed by atoms with Crippen LogP contribution in [0.3, 0.4) is 0 Å². The molecule has 0 spiro atoms. The van der Waals surface area contributed by atoms with Gasteiger partial charge in [-0.3, -0.25) is 10.1 Å². The molecule has 80 valence electrons. The summed E-state index contributed by atoms with van der Waals surface area (Å²) in [5, 5.41) is 13.7. The maximum Gasteiger partial charge on any atom is 0.270 e. The van der Waals surface area contributed by atoms with Crippen LogP contribution in [0.15, 0.2) is 30.9 Å². The molecule has 1 atom stereocenters. The molecule has 1 aromatic carbocycles. The van der Waals surface area contributed by atoms with Gasteiger partial charge in [-0.2, -0.15) is 0 Å². The summed E-state index contributed by atoms with van der Waals surface area (Å²) >= 11 is 2.07. The van der Waals surface area contributed by atoms with Crippen molar-refractivity contribution in [3.63, 3.8) is 0 Å². The summed E-state index contributed by atoms with van der Waals surface area (Å²) < 4.78 is 0.829. The number of rotatable bonds is 4. The van der Waals surface area contributed by atoms with Crippen molar-refractivity contribution in [3.8, 4) is 0 Å². The Bertz CT molecular complexity index is 393. The van der Waals surface area contributed by atoms with Crippen molar-refractivity contribution in [2.75, 3.05) is 5.32 Å². The minimum Gasteiger partial charge on any atom is -0.378 e. The molecule has 0 saturated carbocycles. The first-order valence-corrected chi connectivity index (χ1v) is 5.45. The normalized spacial score (nSPS) is 11.9.